The quantitative estimate of drug-likeness (QED) is 0.765. The fourth-order valence-electron chi connectivity index (χ4n) is 1.81. The minimum Gasteiger partial charge on any atom is -0.503 e. The zero-order valence-electron chi connectivity index (χ0n) is 11.1. The number of carbonyl (C=O) groups excluding carboxylic acids is 1. The lowest BCUT2D eigenvalue weighted by Gasteiger charge is -2.08. The van der Waals surface area contributed by atoms with Gasteiger partial charge in [-0.15, -0.1) is 0 Å². The first kappa shape index (κ1) is 13.8. The molecule has 0 unspecified atom stereocenters. The van der Waals surface area contributed by atoms with Crippen LogP contribution in [0.25, 0.3) is 0 Å². The third-order valence-electron chi connectivity index (χ3n) is 2.84. The third kappa shape index (κ3) is 3.03. The van der Waals surface area contributed by atoms with Gasteiger partial charge in [0.05, 0.1) is 0 Å². The van der Waals surface area contributed by atoms with E-state index < -0.39 is 5.91 Å². The van der Waals surface area contributed by atoms with E-state index >= 15 is 0 Å². The Morgan fingerprint density at radius 1 is 1.45 bits per heavy atom. The van der Waals surface area contributed by atoms with Crippen molar-refractivity contribution in [3.8, 4) is 5.75 Å². The van der Waals surface area contributed by atoms with Crippen molar-refractivity contribution in [2.45, 2.75) is 12.8 Å². The monoisotopic (exact) mass is 272 g/mol. The first-order chi connectivity index (χ1) is 9.61. The lowest BCUT2D eigenvalue weighted by atomic mass is 10.1. The standard InChI is InChI=1S/C14H16N4O2/c1-16-14(20)11-12(19)13(15)18-10(17-11)8-9-6-4-2-3-5-7-9/h2-4,6-7,19H,5,8H2,1H3,(H,16,20)(H2,15,17,18). The highest BCUT2D eigenvalue weighted by Gasteiger charge is 2.17. The Morgan fingerprint density at radius 2 is 2.25 bits per heavy atom. The number of nitrogens with two attached hydrogens (primary N) is 1. The van der Waals surface area contributed by atoms with E-state index in [2.05, 4.69) is 15.3 Å². The van der Waals surface area contributed by atoms with E-state index in [1.54, 1.807) is 0 Å². The molecule has 6 heteroatoms. The van der Waals surface area contributed by atoms with Crippen LogP contribution in [0.1, 0.15) is 22.7 Å². The minimum absolute atomic E-state index is 0.0927. The van der Waals surface area contributed by atoms with Crippen molar-refractivity contribution in [3.05, 3.63) is 47.5 Å². The van der Waals surface area contributed by atoms with Crippen LogP contribution in [-0.4, -0.2) is 28.0 Å². The molecule has 0 bridgehead atoms. The van der Waals surface area contributed by atoms with E-state index in [4.69, 9.17) is 5.73 Å². The van der Waals surface area contributed by atoms with Crippen LogP contribution in [0.2, 0.25) is 0 Å². The number of anilines is 1. The normalized spacial score (nSPS) is 13.8. The van der Waals surface area contributed by atoms with Gasteiger partial charge in [-0.3, -0.25) is 4.79 Å². The number of allylic oxidation sites excluding steroid dienone is 6. The molecular formula is C14H16N4O2. The molecule has 1 amide bonds. The molecular weight excluding hydrogens is 256 g/mol. The molecule has 0 aromatic carbocycles. The number of hydrogen-bond acceptors (Lipinski definition) is 5. The summed E-state index contributed by atoms with van der Waals surface area (Å²) in [6.45, 7) is 0. The van der Waals surface area contributed by atoms with Gasteiger partial charge in [0.25, 0.3) is 5.91 Å². The van der Waals surface area contributed by atoms with Crippen LogP contribution >= 0.6 is 0 Å². The number of aromatic hydroxyl groups is 1. The van der Waals surface area contributed by atoms with E-state index in [0.717, 1.165) is 12.0 Å². The van der Waals surface area contributed by atoms with Crippen molar-refractivity contribution >= 4 is 11.7 Å². The Bertz CT molecular complexity index is 618. The van der Waals surface area contributed by atoms with Gasteiger partial charge < -0.3 is 16.2 Å². The van der Waals surface area contributed by atoms with Crippen LogP contribution < -0.4 is 11.1 Å². The molecule has 0 fully saturated rings. The number of hydrogen-bond donors (Lipinski definition) is 3. The van der Waals surface area contributed by atoms with Crippen LogP contribution in [0.4, 0.5) is 5.82 Å². The highest BCUT2D eigenvalue weighted by Crippen LogP contribution is 2.22. The Morgan fingerprint density at radius 3 is 3.00 bits per heavy atom. The molecule has 1 aliphatic carbocycles. The van der Waals surface area contributed by atoms with Gasteiger partial charge in [0.15, 0.2) is 17.3 Å². The van der Waals surface area contributed by atoms with Gasteiger partial charge in [-0.2, -0.15) is 0 Å². The number of nitrogens with one attached hydrogen (secondary N) is 1. The maximum Gasteiger partial charge on any atom is 0.273 e. The Balaban J connectivity index is 2.31. The van der Waals surface area contributed by atoms with E-state index in [0.29, 0.717) is 12.2 Å². The summed E-state index contributed by atoms with van der Waals surface area (Å²) in [6.07, 6.45) is 11.2. The first-order valence-corrected chi connectivity index (χ1v) is 6.21. The summed E-state index contributed by atoms with van der Waals surface area (Å²) in [4.78, 5) is 19.7. The van der Waals surface area contributed by atoms with Crippen molar-refractivity contribution in [1.82, 2.24) is 15.3 Å². The molecule has 2 rings (SSSR count). The molecule has 1 heterocycles. The number of amides is 1. The second-order valence-electron chi connectivity index (χ2n) is 4.28. The Labute approximate surface area is 116 Å². The van der Waals surface area contributed by atoms with Crippen LogP contribution in [0.5, 0.6) is 5.75 Å². The highest BCUT2D eigenvalue weighted by molar-refractivity contribution is 5.95. The van der Waals surface area contributed by atoms with Crippen molar-refractivity contribution in [2.24, 2.45) is 0 Å². The van der Waals surface area contributed by atoms with E-state index in [1.807, 2.05) is 30.4 Å². The Kier molecular flexibility index (Phi) is 4.14. The summed E-state index contributed by atoms with van der Waals surface area (Å²) >= 11 is 0. The molecule has 0 atom stereocenters. The van der Waals surface area contributed by atoms with Gasteiger partial charge in [0.2, 0.25) is 0 Å². The minimum atomic E-state index is -0.495. The molecule has 0 saturated heterocycles. The molecule has 1 aromatic heterocycles. The lowest BCUT2D eigenvalue weighted by Crippen LogP contribution is -2.21. The van der Waals surface area contributed by atoms with Crippen molar-refractivity contribution < 1.29 is 9.90 Å². The molecule has 0 saturated carbocycles. The highest BCUT2D eigenvalue weighted by atomic mass is 16.3. The Hall–Kier alpha value is -2.63. The van der Waals surface area contributed by atoms with Gasteiger partial charge in [-0.05, 0) is 12.0 Å². The third-order valence-corrected chi connectivity index (χ3v) is 2.84. The maximum atomic E-state index is 11.6. The number of nitrogens with zero attached hydrogens (tertiary/aromatic N) is 2. The summed E-state index contributed by atoms with van der Waals surface area (Å²) in [5, 5.41) is 12.1. The summed E-state index contributed by atoms with van der Waals surface area (Å²) in [6, 6.07) is 0. The van der Waals surface area contributed by atoms with Crippen LogP contribution in [-0.2, 0) is 6.42 Å². The first-order valence-electron chi connectivity index (χ1n) is 6.21. The van der Waals surface area contributed by atoms with Crippen LogP contribution in [0.15, 0.2) is 36.0 Å². The predicted molar refractivity (Wildman–Crippen MR) is 76.2 cm³/mol. The summed E-state index contributed by atoms with van der Waals surface area (Å²) in [7, 11) is 1.46. The molecule has 0 spiro atoms. The largest absolute Gasteiger partial charge is 0.503 e. The number of carbonyl (C=O) groups is 1. The predicted octanol–water partition coefficient (Wildman–Crippen LogP) is 1.11. The van der Waals surface area contributed by atoms with Gasteiger partial charge >= 0.3 is 0 Å². The van der Waals surface area contributed by atoms with E-state index in [1.165, 1.54) is 7.05 Å². The number of aromatic nitrogens is 2. The van der Waals surface area contributed by atoms with Gasteiger partial charge in [0.1, 0.15) is 5.82 Å². The van der Waals surface area contributed by atoms with Crippen LogP contribution in [0, 0.1) is 0 Å². The second kappa shape index (κ2) is 6.01. The molecule has 1 aromatic rings. The molecule has 1 aliphatic rings. The van der Waals surface area contributed by atoms with Crippen molar-refractivity contribution in [1.29, 1.82) is 0 Å². The molecule has 6 nitrogen and oxygen atoms in total. The summed E-state index contributed by atoms with van der Waals surface area (Å²) in [5.41, 5.74) is 6.54. The van der Waals surface area contributed by atoms with Gasteiger partial charge in [0, 0.05) is 13.5 Å². The molecule has 0 aliphatic heterocycles. The topological polar surface area (TPSA) is 101 Å². The summed E-state index contributed by atoms with van der Waals surface area (Å²) < 4.78 is 0. The van der Waals surface area contributed by atoms with E-state index in [-0.39, 0.29) is 17.3 Å². The maximum absolute atomic E-state index is 11.6. The van der Waals surface area contributed by atoms with Crippen molar-refractivity contribution in [2.75, 3.05) is 12.8 Å². The fraction of sp³-hybridized carbons (Fsp3) is 0.214. The lowest BCUT2D eigenvalue weighted by molar-refractivity contribution is 0.0954. The molecule has 0 radical (unpaired) electrons. The summed E-state index contributed by atoms with van der Waals surface area (Å²) in [5.74, 6) is -0.577. The zero-order valence-corrected chi connectivity index (χ0v) is 11.1. The van der Waals surface area contributed by atoms with Gasteiger partial charge in [-0.25, -0.2) is 9.97 Å². The second-order valence-corrected chi connectivity index (χ2v) is 4.28. The average Bonchev–Trinajstić information content (AvgIpc) is 2.70. The zero-order chi connectivity index (χ0) is 14.5. The smallest absolute Gasteiger partial charge is 0.273 e. The van der Waals surface area contributed by atoms with E-state index in [9.17, 15) is 9.90 Å². The fourth-order valence-corrected chi connectivity index (χ4v) is 1.81. The molecule has 104 valence electrons. The average molecular weight is 272 g/mol. The molecule has 20 heavy (non-hydrogen) atoms. The number of rotatable bonds is 3. The van der Waals surface area contributed by atoms with Crippen LogP contribution in [0.3, 0.4) is 0 Å². The van der Waals surface area contributed by atoms with Gasteiger partial charge in [-0.1, -0.05) is 30.4 Å². The van der Waals surface area contributed by atoms with Crippen molar-refractivity contribution in [3.63, 3.8) is 0 Å². The number of nitrogen functional groups attached to an aromatic ring is 1. The molecule has 4 N–H and O–H groups in total. The SMILES string of the molecule is CNC(=O)c1nc(CC2=CCC=CC=C2)nc(N)c1O.